The summed E-state index contributed by atoms with van der Waals surface area (Å²) < 4.78 is 12.6. The second kappa shape index (κ2) is 8.70. The van der Waals surface area contributed by atoms with Crippen molar-refractivity contribution >= 4 is 28.5 Å². The first-order chi connectivity index (χ1) is 17.0. The van der Waals surface area contributed by atoms with Crippen LogP contribution in [0.2, 0.25) is 0 Å². The first-order valence-electron chi connectivity index (χ1n) is 12.8. The predicted octanol–water partition coefficient (Wildman–Crippen LogP) is 5.16. The summed E-state index contributed by atoms with van der Waals surface area (Å²) in [6, 6.07) is 9.56. The average molecular weight is 474 g/mol. The molecular weight excluding hydrogens is 442 g/mol. The lowest BCUT2D eigenvalue weighted by Crippen LogP contribution is -2.49. The van der Waals surface area contributed by atoms with Crippen LogP contribution in [0.5, 0.6) is 5.75 Å². The number of anilines is 1. The minimum Gasteiger partial charge on any atom is -0.486 e. The molecule has 1 aromatic carbocycles. The third kappa shape index (κ3) is 3.87. The Morgan fingerprint density at radius 1 is 1.00 bits per heavy atom. The minimum atomic E-state index is -0.377. The van der Waals surface area contributed by atoms with Gasteiger partial charge in [-0.05, 0) is 56.9 Å². The minimum absolute atomic E-state index is 0.102. The SMILES string of the molecule is Cc1c(C(=O)N2CCN(c3ccccn3)CC2)oc2ccc3c(c12)C(=O)CC1(CCCCCC1)O3. The Kier molecular flexibility index (Phi) is 5.50. The number of rotatable bonds is 2. The summed E-state index contributed by atoms with van der Waals surface area (Å²) in [5.74, 6) is 1.86. The van der Waals surface area contributed by atoms with E-state index in [1.165, 1.54) is 12.8 Å². The van der Waals surface area contributed by atoms with Crippen LogP contribution in [-0.4, -0.2) is 53.4 Å². The van der Waals surface area contributed by atoms with Gasteiger partial charge in [0.15, 0.2) is 11.5 Å². The van der Waals surface area contributed by atoms with Crippen LogP contribution in [0.1, 0.15) is 71.4 Å². The molecule has 0 bridgehead atoms. The first-order valence-corrected chi connectivity index (χ1v) is 12.8. The summed E-state index contributed by atoms with van der Waals surface area (Å²) in [6.07, 6.45) is 8.64. The third-order valence-corrected chi connectivity index (χ3v) is 7.89. The lowest BCUT2D eigenvalue weighted by molar-refractivity contribution is 0.0301. The van der Waals surface area contributed by atoms with Gasteiger partial charge in [-0.15, -0.1) is 0 Å². The van der Waals surface area contributed by atoms with E-state index in [4.69, 9.17) is 9.15 Å². The lowest BCUT2D eigenvalue weighted by Gasteiger charge is -2.37. The van der Waals surface area contributed by atoms with Crippen LogP contribution in [-0.2, 0) is 0 Å². The smallest absolute Gasteiger partial charge is 0.290 e. The van der Waals surface area contributed by atoms with Crippen LogP contribution >= 0.6 is 0 Å². The number of aryl methyl sites for hydroxylation is 1. The van der Waals surface area contributed by atoms with Gasteiger partial charge in [0.1, 0.15) is 22.8 Å². The zero-order chi connectivity index (χ0) is 24.0. The topological polar surface area (TPSA) is 75.9 Å². The molecule has 0 unspecified atom stereocenters. The number of ether oxygens (including phenoxy) is 1. The zero-order valence-electron chi connectivity index (χ0n) is 20.2. The number of pyridine rings is 1. The molecule has 4 heterocycles. The second-order valence-electron chi connectivity index (χ2n) is 10.1. The van der Waals surface area contributed by atoms with E-state index in [1.807, 2.05) is 42.2 Å². The molecular formula is C28H31N3O4. The van der Waals surface area contributed by atoms with E-state index >= 15 is 0 Å². The van der Waals surface area contributed by atoms with Gasteiger partial charge >= 0.3 is 0 Å². The molecule has 0 atom stereocenters. The molecule has 2 aliphatic heterocycles. The standard InChI is InChI=1S/C28H31N3O4/c1-19-24-21(9-10-22-25(24)20(32)18-28(35-22)11-5-2-3-6-12-28)34-26(19)27(33)31-16-14-30(15-17-31)23-8-4-7-13-29-23/h4,7-10,13H,2-3,5-6,11-12,14-18H2,1H3. The van der Waals surface area contributed by atoms with Gasteiger partial charge < -0.3 is 19.0 Å². The maximum absolute atomic E-state index is 13.5. The molecule has 35 heavy (non-hydrogen) atoms. The van der Waals surface area contributed by atoms with Crippen LogP contribution in [0.4, 0.5) is 5.82 Å². The van der Waals surface area contributed by atoms with Crippen molar-refractivity contribution < 1.29 is 18.7 Å². The van der Waals surface area contributed by atoms with Crippen molar-refractivity contribution in [3.05, 3.63) is 53.4 Å². The molecule has 1 aliphatic carbocycles. The predicted molar refractivity (Wildman–Crippen MR) is 133 cm³/mol. The number of amides is 1. The highest BCUT2D eigenvalue weighted by atomic mass is 16.5. The monoisotopic (exact) mass is 473 g/mol. The quantitative estimate of drug-likeness (QED) is 0.512. The lowest BCUT2D eigenvalue weighted by atomic mass is 9.83. The molecule has 0 radical (unpaired) electrons. The number of fused-ring (bicyclic) bond motifs is 3. The molecule has 1 spiro atoms. The van der Waals surface area contributed by atoms with Crippen molar-refractivity contribution in [3.8, 4) is 5.75 Å². The molecule has 1 amide bonds. The summed E-state index contributed by atoms with van der Waals surface area (Å²) >= 11 is 0. The van der Waals surface area contributed by atoms with E-state index in [9.17, 15) is 9.59 Å². The fourth-order valence-corrected chi connectivity index (χ4v) is 6.01. The van der Waals surface area contributed by atoms with Crippen LogP contribution in [0.3, 0.4) is 0 Å². The number of Topliss-reactive ketones (excluding diaryl/α,β-unsaturated/α-hetero) is 1. The highest BCUT2D eigenvalue weighted by molar-refractivity contribution is 6.13. The first kappa shape index (κ1) is 22.1. The van der Waals surface area contributed by atoms with Crippen molar-refractivity contribution in [1.82, 2.24) is 9.88 Å². The number of benzene rings is 1. The van der Waals surface area contributed by atoms with Gasteiger partial charge in [-0.3, -0.25) is 9.59 Å². The van der Waals surface area contributed by atoms with E-state index in [2.05, 4.69) is 9.88 Å². The fourth-order valence-electron chi connectivity index (χ4n) is 6.01. The number of aromatic nitrogens is 1. The van der Waals surface area contributed by atoms with Crippen molar-refractivity contribution in [2.75, 3.05) is 31.1 Å². The second-order valence-corrected chi connectivity index (χ2v) is 10.1. The maximum atomic E-state index is 13.5. The Hall–Kier alpha value is -3.35. The van der Waals surface area contributed by atoms with E-state index in [1.54, 1.807) is 6.20 Å². The molecule has 0 N–H and O–H groups in total. The van der Waals surface area contributed by atoms with Crippen molar-refractivity contribution in [2.24, 2.45) is 0 Å². The molecule has 182 valence electrons. The number of piperazine rings is 1. The van der Waals surface area contributed by atoms with Gasteiger partial charge in [0.05, 0.1) is 12.0 Å². The molecule has 1 saturated heterocycles. The zero-order valence-corrected chi connectivity index (χ0v) is 20.2. The molecule has 6 rings (SSSR count). The van der Waals surface area contributed by atoms with Crippen LogP contribution in [0.25, 0.3) is 11.0 Å². The molecule has 2 fully saturated rings. The summed E-state index contributed by atoms with van der Waals surface area (Å²) in [4.78, 5) is 35.3. The Balaban J connectivity index is 1.27. The highest BCUT2D eigenvalue weighted by Gasteiger charge is 2.42. The molecule has 3 aromatic rings. The Bertz CT molecular complexity index is 1270. The van der Waals surface area contributed by atoms with Gasteiger partial charge in [-0.1, -0.05) is 18.9 Å². The average Bonchev–Trinajstić information content (AvgIpc) is 3.06. The van der Waals surface area contributed by atoms with Crippen molar-refractivity contribution in [2.45, 2.75) is 57.5 Å². The largest absolute Gasteiger partial charge is 0.486 e. The summed E-state index contributed by atoms with van der Waals surface area (Å²) in [5.41, 5.74) is 1.50. The summed E-state index contributed by atoms with van der Waals surface area (Å²) in [5, 5.41) is 0.728. The molecule has 1 saturated carbocycles. The summed E-state index contributed by atoms with van der Waals surface area (Å²) in [6.45, 7) is 4.49. The van der Waals surface area contributed by atoms with Crippen LogP contribution < -0.4 is 9.64 Å². The number of ketones is 1. The molecule has 2 aromatic heterocycles. The van der Waals surface area contributed by atoms with E-state index in [0.29, 0.717) is 55.3 Å². The van der Waals surface area contributed by atoms with Gasteiger partial charge in [0.2, 0.25) is 0 Å². The Morgan fingerprint density at radius 2 is 1.77 bits per heavy atom. The van der Waals surface area contributed by atoms with Gasteiger partial charge in [0, 0.05) is 43.3 Å². The third-order valence-electron chi connectivity index (χ3n) is 7.89. The molecule has 7 heteroatoms. The highest BCUT2D eigenvalue weighted by Crippen LogP contribution is 2.45. The van der Waals surface area contributed by atoms with Gasteiger partial charge in [0.25, 0.3) is 5.91 Å². The number of furan rings is 1. The van der Waals surface area contributed by atoms with Crippen LogP contribution in [0.15, 0.2) is 40.9 Å². The number of carbonyl (C=O) groups excluding carboxylic acids is 2. The van der Waals surface area contributed by atoms with E-state index < -0.39 is 0 Å². The van der Waals surface area contributed by atoms with Crippen molar-refractivity contribution in [1.29, 1.82) is 0 Å². The normalized spacial score (nSPS) is 20.0. The number of hydrogen-bond donors (Lipinski definition) is 0. The summed E-state index contributed by atoms with van der Waals surface area (Å²) in [7, 11) is 0. The maximum Gasteiger partial charge on any atom is 0.290 e. The van der Waals surface area contributed by atoms with E-state index in [-0.39, 0.29) is 17.3 Å². The Labute approximate surface area is 205 Å². The van der Waals surface area contributed by atoms with E-state index in [0.717, 1.165) is 42.5 Å². The fraction of sp³-hybridized carbons (Fsp3) is 0.464. The molecule has 3 aliphatic rings. The van der Waals surface area contributed by atoms with Crippen LogP contribution in [0, 0.1) is 6.92 Å². The number of nitrogens with zero attached hydrogens (tertiary/aromatic N) is 3. The molecule has 7 nitrogen and oxygen atoms in total. The number of hydrogen-bond acceptors (Lipinski definition) is 6. The Morgan fingerprint density at radius 3 is 2.49 bits per heavy atom. The van der Waals surface area contributed by atoms with Gasteiger partial charge in [-0.2, -0.15) is 0 Å². The van der Waals surface area contributed by atoms with Gasteiger partial charge in [-0.25, -0.2) is 4.98 Å². The number of carbonyl (C=O) groups is 2. The van der Waals surface area contributed by atoms with Crippen molar-refractivity contribution in [3.63, 3.8) is 0 Å².